The fourth-order valence-corrected chi connectivity index (χ4v) is 5.52. The van der Waals surface area contributed by atoms with Gasteiger partial charge in [-0.3, -0.25) is 9.69 Å². The van der Waals surface area contributed by atoms with Crippen molar-refractivity contribution >= 4 is 29.4 Å². The first-order valence-corrected chi connectivity index (χ1v) is 12.1. The summed E-state index contributed by atoms with van der Waals surface area (Å²) in [7, 11) is 0. The number of carbonyl (C=O) groups is 1. The van der Waals surface area contributed by atoms with Gasteiger partial charge in [0.25, 0.3) is 0 Å². The summed E-state index contributed by atoms with van der Waals surface area (Å²) in [4.78, 5) is 19.0. The lowest BCUT2D eigenvalue weighted by Crippen LogP contribution is -2.50. The van der Waals surface area contributed by atoms with E-state index in [1.165, 1.54) is 4.90 Å². The van der Waals surface area contributed by atoms with Crippen LogP contribution < -0.4 is 0 Å². The molecule has 4 nitrogen and oxygen atoms in total. The summed E-state index contributed by atoms with van der Waals surface area (Å²) < 4.78 is 5.47. The van der Waals surface area contributed by atoms with Gasteiger partial charge in [-0.05, 0) is 29.9 Å². The van der Waals surface area contributed by atoms with Crippen LogP contribution in [0.2, 0.25) is 0 Å². The third kappa shape index (κ3) is 6.70. The van der Waals surface area contributed by atoms with E-state index in [9.17, 15) is 4.79 Å². The molecule has 6 heteroatoms. The highest BCUT2D eigenvalue weighted by molar-refractivity contribution is 8.00. The first kappa shape index (κ1) is 21.0. The summed E-state index contributed by atoms with van der Waals surface area (Å²) in [5.74, 6) is 2.48. The molecule has 2 saturated heterocycles. The van der Waals surface area contributed by atoms with Crippen LogP contribution in [0.5, 0.6) is 0 Å². The van der Waals surface area contributed by atoms with Crippen LogP contribution in [0.4, 0.5) is 0 Å². The van der Waals surface area contributed by atoms with Gasteiger partial charge >= 0.3 is 0 Å². The number of benzene rings is 1. The Bertz CT molecular complexity index is 588. The highest BCUT2D eigenvalue weighted by atomic mass is 32.2. The van der Waals surface area contributed by atoms with E-state index < -0.39 is 0 Å². The first-order chi connectivity index (χ1) is 13.1. The minimum Gasteiger partial charge on any atom is -0.379 e. The van der Waals surface area contributed by atoms with Gasteiger partial charge in [0.15, 0.2) is 0 Å². The Hall–Kier alpha value is -0.690. The molecule has 0 N–H and O–H groups in total. The molecular weight excluding hydrogens is 376 g/mol. The van der Waals surface area contributed by atoms with E-state index in [1.807, 2.05) is 23.5 Å². The zero-order chi connectivity index (χ0) is 19.1. The molecule has 2 fully saturated rings. The average molecular weight is 409 g/mol. The van der Waals surface area contributed by atoms with Crippen molar-refractivity contribution < 1.29 is 9.53 Å². The van der Waals surface area contributed by atoms with Crippen molar-refractivity contribution in [1.29, 1.82) is 0 Å². The Morgan fingerprint density at radius 2 is 1.96 bits per heavy atom. The molecule has 0 saturated carbocycles. The third-order valence-corrected chi connectivity index (χ3v) is 7.20. The molecule has 3 rings (SSSR count). The molecule has 2 aliphatic rings. The largest absolute Gasteiger partial charge is 0.379 e. The van der Waals surface area contributed by atoms with Crippen LogP contribution >= 0.6 is 23.5 Å². The molecule has 0 aliphatic carbocycles. The number of hydrogen-bond donors (Lipinski definition) is 0. The molecule has 1 amide bonds. The van der Waals surface area contributed by atoms with Crippen molar-refractivity contribution in [3.8, 4) is 0 Å². The first-order valence-electron chi connectivity index (χ1n) is 10.0. The lowest BCUT2D eigenvalue weighted by atomic mass is 10.1. The second-order valence-electron chi connectivity index (χ2n) is 7.57. The predicted octanol–water partition coefficient (Wildman–Crippen LogP) is 3.40. The fraction of sp³-hybridized carbons (Fsp3) is 0.667. The van der Waals surface area contributed by atoms with Crippen molar-refractivity contribution in [2.75, 3.05) is 50.9 Å². The topological polar surface area (TPSA) is 32.8 Å². The van der Waals surface area contributed by atoms with Gasteiger partial charge in [0.2, 0.25) is 5.91 Å². The highest BCUT2D eigenvalue weighted by Crippen LogP contribution is 2.24. The maximum atomic E-state index is 13.1. The monoisotopic (exact) mass is 408 g/mol. The Morgan fingerprint density at radius 3 is 2.67 bits per heavy atom. The molecule has 0 spiro atoms. The van der Waals surface area contributed by atoms with E-state index in [2.05, 4.69) is 47.9 Å². The minimum atomic E-state index is 0.278. The molecule has 0 aromatic heterocycles. The standard InChI is InChI=1S/C21H32N2O2S2/c1-17(2)27-20-6-4-18(5-7-20)14-21(24)23-8-3-13-26-16-19(23)15-22-9-11-25-12-10-22/h4-7,17,19H,3,8-16H2,1-2H3. The molecule has 1 aromatic carbocycles. The maximum absolute atomic E-state index is 13.1. The molecule has 27 heavy (non-hydrogen) atoms. The molecule has 0 bridgehead atoms. The smallest absolute Gasteiger partial charge is 0.227 e. The van der Waals surface area contributed by atoms with E-state index in [1.54, 1.807) is 0 Å². The zero-order valence-electron chi connectivity index (χ0n) is 16.6. The zero-order valence-corrected chi connectivity index (χ0v) is 18.2. The Balaban J connectivity index is 1.60. The number of amides is 1. The number of hydrogen-bond acceptors (Lipinski definition) is 5. The Kier molecular flexibility index (Phi) is 8.37. The number of thioether (sulfide) groups is 2. The average Bonchev–Trinajstić information content (AvgIpc) is 2.89. The van der Waals surface area contributed by atoms with Crippen molar-refractivity contribution in [1.82, 2.24) is 9.80 Å². The van der Waals surface area contributed by atoms with Gasteiger partial charge in [0.05, 0.1) is 25.7 Å². The molecule has 2 heterocycles. The second kappa shape index (κ2) is 10.7. The summed E-state index contributed by atoms with van der Waals surface area (Å²) in [6.45, 7) is 9.87. The normalized spacial score (nSPS) is 22.0. The van der Waals surface area contributed by atoms with Crippen molar-refractivity contribution in [3.05, 3.63) is 29.8 Å². The van der Waals surface area contributed by atoms with Crippen molar-refractivity contribution in [3.63, 3.8) is 0 Å². The summed E-state index contributed by atoms with van der Waals surface area (Å²) in [6, 6.07) is 8.85. The maximum Gasteiger partial charge on any atom is 0.227 e. The Morgan fingerprint density at radius 1 is 1.22 bits per heavy atom. The molecule has 0 radical (unpaired) electrons. The van der Waals surface area contributed by atoms with Crippen LogP contribution in [0.1, 0.15) is 25.8 Å². The van der Waals surface area contributed by atoms with Crippen molar-refractivity contribution in [2.24, 2.45) is 0 Å². The predicted molar refractivity (Wildman–Crippen MR) is 116 cm³/mol. The lowest BCUT2D eigenvalue weighted by molar-refractivity contribution is -0.132. The van der Waals surface area contributed by atoms with Crippen LogP contribution in [0.15, 0.2) is 29.2 Å². The minimum absolute atomic E-state index is 0.278. The van der Waals surface area contributed by atoms with Crippen molar-refractivity contribution in [2.45, 2.75) is 42.9 Å². The highest BCUT2D eigenvalue weighted by Gasteiger charge is 2.28. The molecule has 1 unspecified atom stereocenters. The van der Waals surface area contributed by atoms with Crippen LogP contribution in [-0.2, 0) is 16.0 Å². The van der Waals surface area contributed by atoms with E-state index >= 15 is 0 Å². The van der Waals surface area contributed by atoms with Gasteiger partial charge in [-0.2, -0.15) is 11.8 Å². The van der Waals surface area contributed by atoms with Crippen LogP contribution in [0.25, 0.3) is 0 Å². The number of ether oxygens (including phenoxy) is 1. The molecule has 1 atom stereocenters. The van der Waals surface area contributed by atoms with E-state index in [4.69, 9.17) is 4.74 Å². The summed E-state index contributed by atoms with van der Waals surface area (Å²) in [5, 5.41) is 0.577. The van der Waals surface area contributed by atoms with Crippen LogP contribution in [0.3, 0.4) is 0 Å². The summed E-state index contributed by atoms with van der Waals surface area (Å²) in [6.07, 6.45) is 1.61. The van der Waals surface area contributed by atoms with Gasteiger partial charge in [0.1, 0.15) is 0 Å². The summed E-state index contributed by atoms with van der Waals surface area (Å²) in [5.41, 5.74) is 1.12. The van der Waals surface area contributed by atoms with E-state index in [0.29, 0.717) is 17.7 Å². The van der Waals surface area contributed by atoms with Gasteiger partial charge in [-0.1, -0.05) is 26.0 Å². The van der Waals surface area contributed by atoms with Gasteiger partial charge in [-0.25, -0.2) is 0 Å². The summed E-state index contributed by atoms with van der Waals surface area (Å²) >= 11 is 3.86. The van der Waals surface area contributed by atoms with E-state index in [-0.39, 0.29) is 5.91 Å². The number of carbonyl (C=O) groups excluding carboxylic acids is 1. The van der Waals surface area contributed by atoms with E-state index in [0.717, 1.165) is 62.9 Å². The molecule has 150 valence electrons. The van der Waals surface area contributed by atoms with Gasteiger partial charge in [0, 0.05) is 42.1 Å². The second-order valence-corrected chi connectivity index (χ2v) is 10.4. The fourth-order valence-electron chi connectivity index (χ4n) is 3.62. The number of morpholine rings is 1. The quantitative estimate of drug-likeness (QED) is 0.674. The SMILES string of the molecule is CC(C)Sc1ccc(CC(=O)N2CCCSCC2CN2CCOCC2)cc1. The molecule has 2 aliphatic heterocycles. The third-order valence-electron chi connectivity index (χ3n) is 4.98. The lowest BCUT2D eigenvalue weighted by Gasteiger charge is -2.35. The molecule has 1 aromatic rings. The molecular formula is C21H32N2O2S2. The number of rotatable bonds is 6. The Labute approximate surface area is 172 Å². The van der Waals surface area contributed by atoms with Crippen LogP contribution in [0, 0.1) is 0 Å². The number of nitrogens with zero attached hydrogens (tertiary/aromatic N) is 2. The van der Waals surface area contributed by atoms with Gasteiger partial charge in [-0.15, -0.1) is 11.8 Å². The van der Waals surface area contributed by atoms with Crippen LogP contribution in [-0.4, -0.2) is 77.9 Å². The van der Waals surface area contributed by atoms with Gasteiger partial charge < -0.3 is 9.64 Å².